The van der Waals surface area contributed by atoms with Gasteiger partial charge in [0.15, 0.2) is 0 Å². The zero-order valence-electron chi connectivity index (χ0n) is 13.6. The van der Waals surface area contributed by atoms with E-state index in [4.69, 9.17) is 24.7 Å². The second-order valence-corrected chi connectivity index (χ2v) is 6.22. The maximum absolute atomic E-state index is 12.0. The highest BCUT2D eigenvalue weighted by Crippen LogP contribution is 2.54. The molecule has 1 amide bonds. The maximum atomic E-state index is 12.0. The predicted octanol–water partition coefficient (Wildman–Crippen LogP) is 4.38. The highest BCUT2D eigenvalue weighted by Gasteiger charge is 2.28. The number of ether oxygens (including phenoxy) is 1. The minimum atomic E-state index is -3.24. The van der Waals surface area contributed by atoms with Crippen molar-refractivity contribution in [2.75, 3.05) is 13.2 Å². The summed E-state index contributed by atoms with van der Waals surface area (Å²) in [6.45, 7) is 5.79. The van der Waals surface area contributed by atoms with E-state index in [1.165, 1.54) is 0 Å². The Hall–Kier alpha value is -1.64. The number of carbonyl (C=O) groups excluding carboxylic acids is 1. The van der Waals surface area contributed by atoms with Gasteiger partial charge in [0, 0.05) is 0 Å². The molecule has 0 heterocycles. The number of rotatable bonds is 8. The van der Waals surface area contributed by atoms with Crippen molar-refractivity contribution < 1.29 is 23.1 Å². The highest BCUT2D eigenvalue weighted by molar-refractivity contribution is 7.51. The number of hydrogen-bond acceptors (Lipinski definition) is 5. The summed E-state index contributed by atoms with van der Waals surface area (Å²) in [5.41, 5.74) is 0.853. The number of carbonyl (C=O) groups is 1. The van der Waals surface area contributed by atoms with Gasteiger partial charge in [-0.2, -0.15) is 0 Å². The fourth-order valence-corrected chi connectivity index (χ4v) is 3.31. The van der Waals surface area contributed by atoms with Crippen molar-refractivity contribution in [3.63, 3.8) is 0 Å². The van der Waals surface area contributed by atoms with Crippen LogP contribution in [0, 0.1) is 12.3 Å². The number of benzene rings is 1. The molecule has 1 atom stereocenters. The lowest BCUT2D eigenvalue weighted by molar-refractivity contribution is 0.131. The first kappa shape index (κ1) is 19.4. The van der Waals surface area contributed by atoms with Gasteiger partial charge in [-0.25, -0.2) is 4.79 Å². The van der Waals surface area contributed by atoms with Crippen LogP contribution in [0.4, 0.5) is 4.79 Å². The number of amides is 1. The molecule has 0 saturated carbocycles. The van der Waals surface area contributed by atoms with Gasteiger partial charge in [0.25, 0.3) is 0 Å². The summed E-state index contributed by atoms with van der Waals surface area (Å²) >= 11 is 0. The minimum Gasteiger partial charge on any atom is -0.443 e. The van der Waals surface area contributed by atoms with Crippen LogP contribution in [-0.4, -0.2) is 25.4 Å². The van der Waals surface area contributed by atoms with E-state index in [9.17, 15) is 4.79 Å². The third-order valence-corrected chi connectivity index (χ3v) is 4.68. The van der Waals surface area contributed by atoms with E-state index in [1.807, 2.05) is 30.3 Å². The summed E-state index contributed by atoms with van der Waals surface area (Å²) in [5, 5.41) is 0. The molecule has 1 aromatic rings. The van der Waals surface area contributed by atoms with Crippen molar-refractivity contribution in [1.29, 1.82) is 0 Å². The van der Waals surface area contributed by atoms with Gasteiger partial charge in [-0.3, -0.25) is 4.52 Å². The minimum absolute atomic E-state index is 0.103. The van der Waals surface area contributed by atoms with Gasteiger partial charge in [-0.1, -0.05) is 36.3 Å². The summed E-state index contributed by atoms with van der Waals surface area (Å²) in [6, 6.07) is 9.28. The lowest BCUT2D eigenvalue weighted by atomic mass is 10.2. The smallest absolute Gasteiger partial charge is 0.438 e. The Morgan fingerprint density at radius 1 is 1.26 bits per heavy atom. The molecule has 7 heteroatoms. The Kier molecular flexibility index (Phi) is 8.60. The molecular weight excluding hydrogens is 317 g/mol. The molecule has 0 saturated heterocycles. The quantitative estimate of drug-likeness (QED) is 0.519. The van der Waals surface area contributed by atoms with E-state index in [0.717, 1.165) is 5.56 Å². The Labute approximate surface area is 137 Å². The third-order valence-electron chi connectivity index (χ3n) is 2.52. The van der Waals surface area contributed by atoms with Crippen molar-refractivity contribution in [2.45, 2.75) is 33.5 Å². The van der Waals surface area contributed by atoms with E-state index < -0.39 is 19.9 Å². The van der Waals surface area contributed by atoms with Gasteiger partial charge in [-0.15, -0.1) is 11.2 Å². The third kappa shape index (κ3) is 6.98. The molecule has 0 fully saturated rings. The lowest BCUT2D eigenvalue weighted by Crippen LogP contribution is -2.10. The van der Waals surface area contributed by atoms with Crippen LogP contribution in [0.5, 0.6) is 0 Å². The first-order valence-corrected chi connectivity index (χ1v) is 8.81. The summed E-state index contributed by atoms with van der Waals surface area (Å²) in [7, 11) is -3.24. The first-order chi connectivity index (χ1) is 11.0. The molecule has 0 unspecified atom stereocenters. The van der Waals surface area contributed by atoms with E-state index in [-0.39, 0.29) is 19.8 Å². The van der Waals surface area contributed by atoms with Crippen LogP contribution in [0.25, 0.3) is 0 Å². The first-order valence-electron chi connectivity index (χ1n) is 7.31. The van der Waals surface area contributed by atoms with Crippen molar-refractivity contribution in [2.24, 2.45) is 4.74 Å². The largest absolute Gasteiger partial charge is 0.443 e. The van der Waals surface area contributed by atoms with Gasteiger partial charge >= 0.3 is 13.8 Å². The predicted molar refractivity (Wildman–Crippen MR) is 88.6 cm³/mol. The molecule has 6 nitrogen and oxygen atoms in total. The lowest BCUT2D eigenvalue weighted by Gasteiger charge is -2.23. The van der Waals surface area contributed by atoms with E-state index in [2.05, 4.69) is 10.7 Å². The SMILES string of the molecule is C#C[C@@H](C)OP(=NC(=O)OCc1ccccc1)(OCC)OCC. The fraction of sp³-hybridized carbons (Fsp3) is 0.438. The second kappa shape index (κ2) is 10.2. The van der Waals surface area contributed by atoms with Gasteiger partial charge < -0.3 is 13.8 Å². The Bertz CT molecular complexity index is 572. The molecular formula is C16H22NO5P. The van der Waals surface area contributed by atoms with Gasteiger partial charge in [0.1, 0.15) is 12.7 Å². The summed E-state index contributed by atoms with van der Waals surface area (Å²) in [6.07, 6.45) is 3.89. The molecule has 23 heavy (non-hydrogen) atoms. The molecule has 0 aliphatic rings. The zero-order chi connectivity index (χ0) is 17.1. The monoisotopic (exact) mass is 339 g/mol. The molecule has 1 rings (SSSR count). The summed E-state index contributed by atoms with van der Waals surface area (Å²) in [5.74, 6) is 2.40. The summed E-state index contributed by atoms with van der Waals surface area (Å²) in [4.78, 5) is 12.0. The Morgan fingerprint density at radius 3 is 2.39 bits per heavy atom. The molecule has 0 N–H and O–H groups in total. The van der Waals surface area contributed by atoms with Crippen LogP contribution in [-0.2, 0) is 24.9 Å². The molecule has 0 bridgehead atoms. The topological polar surface area (TPSA) is 66.4 Å². The van der Waals surface area contributed by atoms with Crippen molar-refractivity contribution in [3.8, 4) is 12.3 Å². The van der Waals surface area contributed by atoms with E-state index >= 15 is 0 Å². The van der Waals surface area contributed by atoms with Crippen LogP contribution in [0.1, 0.15) is 26.3 Å². The molecule has 0 aliphatic carbocycles. The highest BCUT2D eigenvalue weighted by atomic mass is 31.2. The average molecular weight is 339 g/mol. The zero-order valence-corrected chi connectivity index (χ0v) is 14.5. The van der Waals surface area contributed by atoms with Crippen molar-refractivity contribution in [3.05, 3.63) is 35.9 Å². The van der Waals surface area contributed by atoms with Gasteiger partial charge in [0.2, 0.25) is 0 Å². The standard InChI is InChI=1S/C16H22NO5P/c1-5-14(4)22-23(20-6-2,21-7-3)17-16(18)19-13-15-11-9-8-10-12-15/h1,8-12,14H,6-7,13H2,2-4H3/t14-/m1/s1. The molecule has 0 aliphatic heterocycles. The fourth-order valence-electron chi connectivity index (χ4n) is 1.58. The molecule has 126 valence electrons. The van der Waals surface area contributed by atoms with Crippen LogP contribution in [0.15, 0.2) is 35.1 Å². The number of terminal acetylenes is 1. The maximum Gasteiger partial charge on any atom is 0.438 e. The van der Waals surface area contributed by atoms with Crippen LogP contribution in [0.2, 0.25) is 0 Å². The van der Waals surface area contributed by atoms with Crippen LogP contribution in [0.3, 0.4) is 0 Å². The molecule has 0 spiro atoms. The Morgan fingerprint density at radius 2 is 1.87 bits per heavy atom. The molecule has 0 radical (unpaired) electrons. The van der Waals surface area contributed by atoms with E-state index in [1.54, 1.807) is 20.8 Å². The molecule has 0 aromatic heterocycles. The van der Waals surface area contributed by atoms with Gasteiger partial charge in [0.05, 0.1) is 13.2 Å². The Balaban J connectivity index is 2.87. The number of hydrogen-bond donors (Lipinski definition) is 0. The second-order valence-electron chi connectivity index (χ2n) is 4.36. The van der Waals surface area contributed by atoms with Crippen molar-refractivity contribution in [1.82, 2.24) is 0 Å². The number of nitrogens with zero attached hydrogens (tertiary/aromatic N) is 1. The summed E-state index contributed by atoms with van der Waals surface area (Å²) < 4.78 is 25.5. The van der Waals surface area contributed by atoms with Crippen LogP contribution < -0.4 is 0 Å². The van der Waals surface area contributed by atoms with Gasteiger partial charge in [-0.05, 0) is 26.3 Å². The molecule has 1 aromatic carbocycles. The van der Waals surface area contributed by atoms with Crippen molar-refractivity contribution >= 4 is 13.8 Å². The average Bonchev–Trinajstić information content (AvgIpc) is 2.54. The van der Waals surface area contributed by atoms with E-state index in [0.29, 0.717) is 0 Å². The van der Waals surface area contributed by atoms with Crippen LogP contribution >= 0.6 is 7.74 Å². The normalized spacial score (nSPS) is 12.3.